The van der Waals surface area contributed by atoms with Gasteiger partial charge in [-0.15, -0.1) is 12.6 Å². The fourth-order valence-corrected chi connectivity index (χ4v) is 3.25. The molecule has 0 amide bonds. The molecule has 1 aliphatic rings. The minimum Gasteiger partial charge on any atom is -0.381 e. The average molecular weight is 364 g/mol. The number of halogens is 1. The third-order valence-corrected chi connectivity index (χ3v) is 4.95. The van der Waals surface area contributed by atoms with Crippen molar-refractivity contribution in [1.29, 1.82) is 0 Å². The average Bonchev–Trinajstić information content (AvgIpc) is 2.55. The quantitative estimate of drug-likeness (QED) is 0.426. The van der Waals surface area contributed by atoms with Crippen molar-refractivity contribution in [3.63, 3.8) is 0 Å². The SMILES string of the molecule is COC1CC(N=C(N)Nc2c(S)cccc2-c2cccc(F)c2C)C1.[HH].[HH]. The number of nitrogens with two attached hydrogens (primary N) is 1. The second-order valence-corrected chi connectivity index (χ2v) is 6.72. The first-order chi connectivity index (χ1) is 12.0. The van der Waals surface area contributed by atoms with Gasteiger partial charge < -0.3 is 15.8 Å². The van der Waals surface area contributed by atoms with Crippen LogP contribution in [0.25, 0.3) is 11.1 Å². The summed E-state index contributed by atoms with van der Waals surface area (Å²) < 4.78 is 19.2. The number of nitrogens with zero attached hydrogens (tertiary/aromatic N) is 1. The van der Waals surface area contributed by atoms with Crippen LogP contribution in [0.15, 0.2) is 46.3 Å². The van der Waals surface area contributed by atoms with E-state index in [4.69, 9.17) is 10.5 Å². The Labute approximate surface area is 155 Å². The third kappa shape index (κ3) is 3.80. The Bertz CT molecular complexity index is 814. The number of methoxy groups -OCH3 is 1. The molecule has 3 rings (SSSR count). The molecule has 6 heteroatoms. The van der Waals surface area contributed by atoms with Crippen molar-refractivity contribution in [2.24, 2.45) is 10.7 Å². The Hall–Kier alpha value is -2.05. The largest absolute Gasteiger partial charge is 0.381 e. The van der Waals surface area contributed by atoms with E-state index in [0.29, 0.717) is 11.5 Å². The Kier molecular flexibility index (Phi) is 5.30. The predicted octanol–water partition coefficient (Wildman–Crippen LogP) is 4.49. The van der Waals surface area contributed by atoms with Gasteiger partial charge in [0.2, 0.25) is 0 Å². The fourth-order valence-electron chi connectivity index (χ4n) is 2.99. The van der Waals surface area contributed by atoms with Gasteiger partial charge in [0.1, 0.15) is 5.82 Å². The van der Waals surface area contributed by atoms with Gasteiger partial charge in [-0.25, -0.2) is 9.38 Å². The van der Waals surface area contributed by atoms with Gasteiger partial charge in [0.15, 0.2) is 5.96 Å². The molecule has 2 aromatic rings. The molecule has 0 unspecified atom stereocenters. The summed E-state index contributed by atoms with van der Waals surface area (Å²) >= 11 is 4.52. The number of thiol groups is 1. The van der Waals surface area contributed by atoms with Crippen LogP contribution in [-0.2, 0) is 4.74 Å². The van der Waals surface area contributed by atoms with Crippen LogP contribution >= 0.6 is 12.6 Å². The fraction of sp³-hybridized carbons (Fsp3) is 0.316. The number of aliphatic imine (C=N–C) groups is 1. The Morgan fingerprint density at radius 2 is 1.96 bits per heavy atom. The number of hydrogen-bond acceptors (Lipinski definition) is 3. The number of ether oxygens (including phenoxy) is 1. The maximum absolute atomic E-state index is 14.0. The zero-order valence-electron chi connectivity index (χ0n) is 14.3. The van der Waals surface area contributed by atoms with Crippen LogP contribution in [-0.4, -0.2) is 25.2 Å². The summed E-state index contributed by atoms with van der Waals surface area (Å²) in [5, 5.41) is 3.14. The van der Waals surface area contributed by atoms with Gasteiger partial charge in [0, 0.05) is 20.4 Å². The van der Waals surface area contributed by atoms with Crippen molar-refractivity contribution < 1.29 is 12.0 Å². The van der Waals surface area contributed by atoms with Gasteiger partial charge in [-0.3, -0.25) is 0 Å². The lowest BCUT2D eigenvalue weighted by Gasteiger charge is -2.31. The van der Waals surface area contributed by atoms with Crippen LogP contribution < -0.4 is 11.1 Å². The molecule has 0 aliphatic heterocycles. The maximum atomic E-state index is 14.0. The number of benzene rings is 2. The van der Waals surface area contributed by atoms with E-state index in [1.807, 2.05) is 24.3 Å². The van der Waals surface area contributed by atoms with Crippen LogP contribution in [0, 0.1) is 12.7 Å². The van der Waals surface area contributed by atoms with Gasteiger partial charge in [0.25, 0.3) is 0 Å². The van der Waals surface area contributed by atoms with Crippen LogP contribution in [0.5, 0.6) is 0 Å². The monoisotopic (exact) mass is 363 g/mol. The smallest absolute Gasteiger partial charge is 0.193 e. The Balaban J connectivity index is 0.00000182. The summed E-state index contributed by atoms with van der Waals surface area (Å²) in [6.45, 7) is 1.76. The molecule has 3 N–H and O–H groups in total. The first-order valence-corrected chi connectivity index (χ1v) is 8.65. The van der Waals surface area contributed by atoms with Gasteiger partial charge >= 0.3 is 0 Å². The van der Waals surface area contributed by atoms with Crippen LogP contribution in [0.1, 0.15) is 21.3 Å². The summed E-state index contributed by atoms with van der Waals surface area (Å²) in [6, 6.07) is 10.9. The first kappa shape index (κ1) is 17.8. The molecule has 136 valence electrons. The predicted molar refractivity (Wildman–Crippen MR) is 107 cm³/mol. The minimum absolute atomic E-state index is 0. The number of anilines is 1. The van der Waals surface area contributed by atoms with E-state index < -0.39 is 0 Å². The van der Waals surface area contributed by atoms with Crippen molar-refractivity contribution in [2.75, 3.05) is 12.4 Å². The van der Waals surface area contributed by atoms with E-state index in [1.165, 1.54) is 6.07 Å². The van der Waals surface area contributed by atoms with Crippen molar-refractivity contribution in [1.82, 2.24) is 0 Å². The van der Waals surface area contributed by atoms with E-state index in [9.17, 15) is 4.39 Å². The maximum Gasteiger partial charge on any atom is 0.193 e. The number of nitrogens with one attached hydrogen (secondary N) is 1. The highest BCUT2D eigenvalue weighted by Gasteiger charge is 2.28. The highest BCUT2D eigenvalue weighted by Crippen LogP contribution is 2.35. The van der Waals surface area contributed by atoms with Gasteiger partial charge in [0.05, 0.1) is 17.8 Å². The lowest BCUT2D eigenvalue weighted by Crippen LogP contribution is -2.36. The number of hydrogen-bond donors (Lipinski definition) is 3. The molecule has 0 atom stereocenters. The van der Waals surface area contributed by atoms with Crippen LogP contribution in [0.4, 0.5) is 10.1 Å². The number of rotatable bonds is 4. The molecule has 0 saturated heterocycles. The molecule has 0 heterocycles. The molecule has 1 saturated carbocycles. The Morgan fingerprint density at radius 3 is 2.68 bits per heavy atom. The van der Waals surface area contributed by atoms with E-state index in [-0.39, 0.29) is 20.8 Å². The van der Waals surface area contributed by atoms with E-state index in [0.717, 1.165) is 34.6 Å². The second-order valence-electron chi connectivity index (χ2n) is 6.23. The molecule has 0 radical (unpaired) electrons. The van der Waals surface area contributed by atoms with E-state index in [1.54, 1.807) is 20.1 Å². The molecule has 0 spiro atoms. The summed E-state index contributed by atoms with van der Waals surface area (Å²) in [7, 11) is 1.71. The lowest BCUT2D eigenvalue weighted by molar-refractivity contribution is 0.0285. The molecule has 0 aromatic heterocycles. The van der Waals surface area contributed by atoms with Crippen molar-refractivity contribution >= 4 is 24.3 Å². The summed E-state index contributed by atoms with van der Waals surface area (Å²) in [4.78, 5) is 5.21. The molecule has 0 bridgehead atoms. The van der Waals surface area contributed by atoms with Crippen molar-refractivity contribution in [3.05, 3.63) is 47.8 Å². The minimum atomic E-state index is -0.241. The zero-order chi connectivity index (χ0) is 18.0. The van der Waals surface area contributed by atoms with Crippen molar-refractivity contribution in [2.45, 2.75) is 36.8 Å². The first-order valence-electron chi connectivity index (χ1n) is 8.20. The topological polar surface area (TPSA) is 59.6 Å². The number of guanidine groups is 1. The summed E-state index contributed by atoms with van der Waals surface area (Å²) in [5.74, 6) is 0.0890. The second kappa shape index (κ2) is 7.45. The molecule has 1 aliphatic carbocycles. The molecule has 1 fully saturated rings. The summed E-state index contributed by atoms with van der Waals surface area (Å²) in [6.07, 6.45) is 2.01. The summed E-state index contributed by atoms with van der Waals surface area (Å²) in [5.41, 5.74) is 9.03. The highest BCUT2D eigenvalue weighted by molar-refractivity contribution is 7.80. The standard InChI is InChI=1S/C19H22FN3OS.2H2/c1-11-14(5-3-7-16(11)20)15-6-4-8-17(25)18(15)23-19(21)22-12-9-13(10-12)24-2;;/h3-8,12-13,25H,9-10H2,1-2H3,(H3,21,22,23);2*1H. The molecular formula is C19H26FN3OS. The highest BCUT2D eigenvalue weighted by atomic mass is 32.1. The van der Waals surface area contributed by atoms with Crippen LogP contribution in [0.2, 0.25) is 0 Å². The molecule has 4 nitrogen and oxygen atoms in total. The van der Waals surface area contributed by atoms with Crippen LogP contribution in [0.3, 0.4) is 0 Å². The molecular weight excluding hydrogens is 337 g/mol. The molecule has 2 aromatic carbocycles. The normalized spacial score (nSPS) is 20.2. The van der Waals surface area contributed by atoms with Gasteiger partial charge in [-0.05, 0) is 43.0 Å². The van der Waals surface area contributed by atoms with Gasteiger partial charge in [-0.2, -0.15) is 0 Å². The lowest BCUT2D eigenvalue weighted by atomic mass is 9.90. The van der Waals surface area contributed by atoms with E-state index in [2.05, 4.69) is 22.9 Å². The zero-order valence-corrected chi connectivity index (χ0v) is 15.2. The third-order valence-electron chi connectivity index (χ3n) is 4.58. The van der Waals surface area contributed by atoms with E-state index >= 15 is 0 Å². The number of para-hydroxylation sites is 1. The molecule has 25 heavy (non-hydrogen) atoms. The van der Waals surface area contributed by atoms with Crippen molar-refractivity contribution in [3.8, 4) is 11.1 Å². The Morgan fingerprint density at radius 1 is 1.28 bits per heavy atom. The van der Waals surface area contributed by atoms with Gasteiger partial charge in [-0.1, -0.05) is 24.3 Å².